The van der Waals surface area contributed by atoms with Gasteiger partial charge in [0.05, 0.1) is 11.6 Å². The lowest BCUT2D eigenvalue weighted by Gasteiger charge is -2.22. The fraction of sp³-hybridized carbons (Fsp3) is 0.105. The van der Waals surface area contributed by atoms with E-state index in [1.165, 1.54) is 28.6 Å². The first-order valence-electron chi connectivity index (χ1n) is 8.24. The Morgan fingerprint density at radius 3 is 2.57 bits per heavy atom. The van der Waals surface area contributed by atoms with Crippen molar-refractivity contribution in [3.05, 3.63) is 75.0 Å². The monoisotopic (exact) mass is 456 g/mol. The molecule has 0 aliphatic carbocycles. The molecule has 0 bridgehead atoms. The molecule has 2 aromatic heterocycles. The molecule has 1 N–H and O–H groups in total. The molecular formula is C19H13BrN4O3S. The second-order valence-corrected chi connectivity index (χ2v) is 8.14. The van der Waals surface area contributed by atoms with Crippen LogP contribution in [-0.4, -0.2) is 32.0 Å². The van der Waals surface area contributed by atoms with Gasteiger partial charge in [0.15, 0.2) is 0 Å². The van der Waals surface area contributed by atoms with E-state index < -0.39 is 17.7 Å². The van der Waals surface area contributed by atoms with E-state index in [0.717, 1.165) is 4.47 Å². The second-order valence-electron chi connectivity index (χ2n) is 6.06. The fourth-order valence-corrected chi connectivity index (χ4v) is 4.20. The molecule has 3 heterocycles. The van der Waals surface area contributed by atoms with E-state index in [4.69, 9.17) is 0 Å². The average molecular weight is 457 g/mol. The number of hydrogen-bond donors (Lipinski definition) is 1. The molecule has 1 atom stereocenters. The van der Waals surface area contributed by atoms with Crippen LogP contribution in [0.3, 0.4) is 0 Å². The minimum Gasteiger partial charge on any atom is -0.507 e. The van der Waals surface area contributed by atoms with Gasteiger partial charge >= 0.3 is 5.91 Å². The van der Waals surface area contributed by atoms with Crippen molar-refractivity contribution in [2.45, 2.75) is 13.0 Å². The summed E-state index contributed by atoms with van der Waals surface area (Å²) < 4.78 is 0.785. The molecule has 1 fully saturated rings. The number of pyridine rings is 1. The Bertz CT molecular complexity index is 1110. The molecular weight excluding hydrogens is 444 g/mol. The molecule has 7 nitrogen and oxygen atoms in total. The summed E-state index contributed by atoms with van der Waals surface area (Å²) in [6, 6.07) is 9.58. The lowest BCUT2D eigenvalue weighted by Crippen LogP contribution is -2.29. The largest absolute Gasteiger partial charge is 0.507 e. The minimum absolute atomic E-state index is 0.00199. The Hall–Kier alpha value is -2.91. The van der Waals surface area contributed by atoms with Gasteiger partial charge in [-0.2, -0.15) is 0 Å². The third-order valence-corrected chi connectivity index (χ3v) is 5.62. The zero-order valence-corrected chi connectivity index (χ0v) is 16.9. The van der Waals surface area contributed by atoms with Crippen molar-refractivity contribution in [3.8, 4) is 0 Å². The number of nitrogens with zero attached hydrogens (tertiary/aromatic N) is 4. The first-order valence-corrected chi connectivity index (χ1v) is 9.85. The SMILES string of the molecule is Cc1nnc(N2C(=O)C(=O)C(=C(O)c3ccncc3)C2c2cccc(Br)c2)s1. The zero-order valence-electron chi connectivity index (χ0n) is 14.5. The molecule has 28 heavy (non-hydrogen) atoms. The predicted octanol–water partition coefficient (Wildman–Crippen LogP) is 3.63. The van der Waals surface area contributed by atoms with Gasteiger partial charge < -0.3 is 5.11 Å². The molecule has 0 radical (unpaired) electrons. The number of halogens is 1. The van der Waals surface area contributed by atoms with Crippen molar-refractivity contribution >= 4 is 49.8 Å². The number of aliphatic hydroxyl groups excluding tert-OH is 1. The zero-order chi connectivity index (χ0) is 19.8. The van der Waals surface area contributed by atoms with Crippen LogP contribution in [0.15, 0.2) is 58.8 Å². The molecule has 9 heteroatoms. The summed E-state index contributed by atoms with van der Waals surface area (Å²) in [7, 11) is 0. The Balaban J connectivity index is 1.96. The molecule has 1 aliphatic heterocycles. The maximum absolute atomic E-state index is 12.9. The summed E-state index contributed by atoms with van der Waals surface area (Å²) in [6.07, 6.45) is 3.01. The average Bonchev–Trinajstić information content (AvgIpc) is 3.23. The number of benzene rings is 1. The number of ketones is 1. The van der Waals surface area contributed by atoms with Gasteiger partial charge in [-0.25, -0.2) is 0 Å². The van der Waals surface area contributed by atoms with E-state index in [-0.39, 0.29) is 11.3 Å². The topological polar surface area (TPSA) is 96.3 Å². The number of rotatable bonds is 3. The summed E-state index contributed by atoms with van der Waals surface area (Å²) in [4.78, 5) is 31.0. The number of Topliss-reactive ketones (excluding diaryl/α,β-unsaturated/α-hetero) is 1. The molecule has 1 unspecified atom stereocenters. The molecule has 140 valence electrons. The third-order valence-electron chi connectivity index (χ3n) is 4.28. The van der Waals surface area contributed by atoms with Gasteiger partial charge in [-0.15, -0.1) is 10.2 Å². The first kappa shape index (κ1) is 18.5. The fourth-order valence-electron chi connectivity index (χ4n) is 3.07. The van der Waals surface area contributed by atoms with E-state index >= 15 is 0 Å². The number of aromatic nitrogens is 3. The number of carbonyl (C=O) groups is 2. The van der Waals surface area contributed by atoms with Crippen molar-refractivity contribution in [3.63, 3.8) is 0 Å². The number of amides is 1. The lowest BCUT2D eigenvalue weighted by molar-refractivity contribution is -0.132. The summed E-state index contributed by atoms with van der Waals surface area (Å²) in [5.74, 6) is -1.78. The Morgan fingerprint density at radius 1 is 1.18 bits per heavy atom. The predicted molar refractivity (Wildman–Crippen MR) is 108 cm³/mol. The molecule has 4 rings (SSSR count). The highest BCUT2D eigenvalue weighted by molar-refractivity contribution is 9.10. The molecule has 1 aromatic carbocycles. The van der Waals surface area contributed by atoms with E-state index in [1.807, 2.05) is 6.07 Å². The van der Waals surface area contributed by atoms with Gasteiger partial charge in [0.2, 0.25) is 5.13 Å². The Morgan fingerprint density at radius 2 is 1.93 bits per heavy atom. The first-order chi connectivity index (χ1) is 13.5. The second kappa shape index (κ2) is 7.25. The van der Waals surface area contributed by atoms with Gasteiger partial charge in [-0.05, 0) is 36.8 Å². The van der Waals surface area contributed by atoms with E-state index in [2.05, 4.69) is 31.1 Å². The number of hydrogen-bond acceptors (Lipinski definition) is 7. The van der Waals surface area contributed by atoms with Crippen molar-refractivity contribution in [2.75, 3.05) is 4.90 Å². The maximum Gasteiger partial charge on any atom is 0.301 e. The van der Waals surface area contributed by atoms with E-state index in [0.29, 0.717) is 21.3 Å². The molecule has 3 aromatic rings. The van der Waals surface area contributed by atoms with Gasteiger partial charge in [-0.3, -0.25) is 19.5 Å². The van der Waals surface area contributed by atoms with Crippen molar-refractivity contribution in [2.24, 2.45) is 0 Å². The molecule has 0 spiro atoms. The maximum atomic E-state index is 12.9. The number of carbonyl (C=O) groups excluding carboxylic acids is 2. The summed E-state index contributed by atoms with van der Waals surface area (Å²) >= 11 is 4.63. The van der Waals surface area contributed by atoms with Crippen LogP contribution in [0.4, 0.5) is 5.13 Å². The van der Waals surface area contributed by atoms with Crippen LogP contribution in [0.5, 0.6) is 0 Å². The van der Waals surface area contributed by atoms with Crippen LogP contribution in [0.25, 0.3) is 5.76 Å². The van der Waals surface area contributed by atoms with Crippen molar-refractivity contribution in [1.29, 1.82) is 0 Å². The van der Waals surface area contributed by atoms with Crippen LogP contribution >= 0.6 is 27.3 Å². The Labute approximate surface area is 172 Å². The van der Waals surface area contributed by atoms with Gasteiger partial charge in [0.25, 0.3) is 5.78 Å². The van der Waals surface area contributed by atoms with Crippen LogP contribution in [-0.2, 0) is 9.59 Å². The highest BCUT2D eigenvalue weighted by Gasteiger charge is 2.48. The minimum atomic E-state index is -0.821. The van der Waals surface area contributed by atoms with Gasteiger partial charge in [0.1, 0.15) is 10.8 Å². The number of aliphatic hydroxyl groups is 1. The smallest absolute Gasteiger partial charge is 0.301 e. The molecule has 0 saturated carbocycles. The third kappa shape index (κ3) is 3.12. The van der Waals surface area contributed by atoms with Gasteiger partial charge in [-0.1, -0.05) is 39.4 Å². The molecule has 1 saturated heterocycles. The van der Waals surface area contributed by atoms with E-state index in [1.54, 1.807) is 37.3 Å². The van der Waals surface area contributed by atoms with Crippen LogP contribution in [0.2, 0.25) is 0 Å². The number of anilines is 1. The van der Waals surface area contributed by atoms with Gasteiger partial charge in [0, 0.05) is 22.4 Å². The number of aryl methyl sites for hydroxylation is 1. The molecule has 1 amide bonds. The lowest BCUT2D eigenvalue weighted by atomic mass is 9.96. The van der Waals surface area contributed by atoms with Crippen LogP contribution in [0, 0.1) is 6.92 Å². The van der Waals surface area contributed by atoms with Crippen molar-refractivity contribution < 1.29 is 14.7 Å². The van der Waals surface area contributed by atoms with Crippen LogP contribution in [0.1, 0.15) is 22.2 Å². The highest BCUT2D eigenvalue weighted by Crippen LogP contribution is 2.43. The normalized spacial score (nSPS) is 18.6. The summed E-state index contributed by atoms with van der Waals surface area (Å²) in [5, 5.41) is 19.9. The summed E-state index contributed by atoms with van der Waals surface area (Å²) in [5.41, 5.74) is 1.07. The quantitative estimate of drug-likeness (QED) is 0.367. The summed E-state index contributed by atoms with van der Waals surface area (Å²) in [6.45, 7) is 1.77. The van der Waals surface area contributed by atoms with Crippen molar-refractivity contribution in [1.82, 2.24) is 15.2 Å². The highest BCUT2D eigenvalue weighted by atomic mass is 79.9. The molecule has 1 aliphatic rings. The Kier molecular flexibility index (Phi) is 4.78. The standard InChI is InChI=1S/C19H13BrN4O3S/c1-10-22-23-19(28-10)24-15(12-3-2-4-13(20)9-12)14(17(26)18(24)27)16(25)11-5-7-21-8-6-11/h2-9,15,25H,1H3. The van der Waals surface area contributed by atoms with E-state index in [9.17, 15) is 14.7 Å². The van der Waals surface area contributed by atoms with Crippen LogP contribution < -0.4 is 4.90 Å².